The summed E-state index contributed by atoms with van der Waals surface area (Å²) in [5.74, 6) is 0.253. The maximum atomic E-state index is 12.0. The highest BCUT2D eigenvalue weighted by Crippen LogP contribution is 2.18. The quantitative estimate of drug-likeness (QED) is 0.836. The van der Waals surface area contributed by atoms with E-state index in [1.54, 1.807) is 0 Å². The summed E-state index contributed by atoms with van der Waals surface area (Å²) < 4.78 is 5.54. The van der Waals surface area contributed by atoms with Gasteiger partial charge in [0.05, 0.1) is 11.6 Å². The molecule has 3 heteroatoms. The molecule has 3 rings (SSSR count). The summed E-state index contributed by atoms with van der Waals surface area (Å²) >= 11 is 0. The summed E-state index contributed by atoms with van der Waals surface area (Å²) in [5.41, 5.74) is 1.82. The van der Waals surface area contributed by atoms with Crippen molar-refractivity contribution in [3.63, 3.8) is 0 Å². The van der Waals surface area contributed by atoms with E-state index in [1.807, 2.05) is 36.4 Å². The van der Waals surface area contributed by atoms with Crippen molar-refractivity contribution in [2.75, 3.05) is 6.61 Å². The molecule has 0 aliphatic carbocycles. The highest BCUT2D eigenvalue weighted by Gasteiger charge is 2.16. The number of rotatable bonds is 5. The molecule has 3 nitrogen and oxygen atoms in total. The molecule has 1 aliphatic rings. The molecular formula is C17H19NO2. The Morgan fingerprint density at radius 1 is 1.25 bits per heavy atom. The summed E-state index contributed by atoms with van der Waals surface area (Å²) in [7, 11) is 0. The third-order valence-electron chi connectivity index (χ3n) is 3.80. The number of ether oxygens (including phenoxy) is 1. The number of nitrogens with zero attached hydrogens (tertiary/aromatic N) is 1. The van der Waals surface area contributed by atoms with Gasteiger partial charge in [0.1, 0.15) is 5.78 Å². The Morgan fingerprint density at radius 3 is 3.00 bits per heavy atom. The van der Waals surface area contributed by atoms with E-state index in [0.29, 0.717) is 18.9 Å². The lowest BCUT2D eigenvalue weighted by Gasteiger charge is -2.08. The third-order valence-corrected chi connectivity index (χ3v) is 3.80. The second kappa shape index (κ2) is 6.14. The van der Waals surface area contributed by atoms with Crippen LogP contribution < -0.4 is 0 Å². The van der Waals surface area contributed by atoms with E-state index in [0.717, 1.165) is 42.5 Å². The number of para-hydroxylation sites is 1. The van der Waals surface area contributed by atoms with Crippen LogP contribution in [0.2, 0.25) is 0 Å². The van der Waals surface area contributed by atoms with Gasteiger partial charge in [-0.2, -0.15) is 0 Å². The van der Waals surface area contributed by atoms with Gasteiger partial charge in [-0.15, -0.1) is 0 Å². The van der Waals surface area contributed by atoms with Gasteiger partial charge < -0.3 is 4.74 Å². The summed E-state index contributed by atoms with van der Waals surface area (Å²) in [6, 6.07) is 12.0. The lowest BCUT2D eigenvalue weighted by molar-refractivity contribution is -0.119. The van der Waals surface area contributed by atoms with Crippen molar-refractivity contribution in [1.29, 1.82) is 0 Å². The SMILES string of the molecule is O=C(CCC1CCCO1)Cc1ccc2ccccc2n1. The van der Waals surface area contributed by atoms with Crippen molar-refractivity contribution in [2.45, 2.75) is 38.2 Å². The Bertz CT molecular complexity index is 603. The largest absolute Gasteiger partial charge is 0.378 e. The molecule has 1 aliphatic heterocycles. The fourth-order valence-electron chi connectivity index (χ4n) is 2.69. The smallest absolute Gasteiger partial charge is 0.138 e. The van der Waals surface area contributed by atoms with Crippen molar-refractivity contribution in [1.82, 2.24) is 4.98 Å². The minimum Gasteiger partial charge on any atom is -0.378 e. The molecule has 0 saturated carbocycles. The van der Waals surface area contributed by atoms with E-state index in [1.165, 1.54) is 0 Å². The van der Waals surface area contributed by atoms with Crippen molar-refractivity contribution in [3.8, 4) is 0 Å². The Balaban J connectivity index is 1.59. The second-order valence-electron chi connectivity index (χ2n) is 5.38. The van der Waals surface area contributed by atoms with Crippen molar-refractivity contribution >= 4 is 16.7 Å². The third kappa shape index (κ3) is 3.23. The number of fused-ring (bicyclic) bond motifs is 1. The Hall–Kier alpha value is -1.74. The molecule has 104 valence electrons. The van der Waals surface area contributed by atoms with Crippen LogP contribution in [0.15, 0.2) is 36.4 Å². The molecule has 0 radical (unpaired) electrons. The number of carbonyl (C=O) groups is 1. The monoisotopic (exact) mass is 269 g/mol. The van der Waals surface area contributed by atoms with E-state index >= 15 is 0 Å². The van der Waals surface area contributed by atoms with E-state index in [2.05, 4.69) is 4.98 Å². The van der Waals surface area contributed by atoms with Gasteiger partial charge >= 0.3 is 0 Å². The van der Waals surface area contributed by atoms with Gasteiger partial charge in [0.15, 0.2) is 0 Å². The van der Waals surface area contributed by atoms with E-state index in [4.69, 9.17) is 4.74 Å². The number of hydrogen-bond acceptors (Lipinski definition) is 3. The number of aromatic nitrogens is 1. The first-order valence-electron chi connectivity index (χ1n) is 7.29. The summed E-state index contributed by atoms with van der Waals surface area (Å²) in [4.78, 5) is 16.6. The predicted octanol–water partition coefficient (Wildman–Crippen LogP) is 3.31. The fourth-order valence-corrected chi connectivity index (χ4v) is 2.69. The zero-order valence-corrected chi connectivity index (χ0v) is 11.5. The van der Waals surface area contributed by atoms with Gasteiger partial charge in [0.2, 0.25) is 0 Å². The summed E-state index contributed by atoms with van der Waals surface area (Å²) in [6.45, 7) is 0.852. The van der Waals surface area contributed by atoms with Gasteiger partial charge in [-0.05, 0) is 31.4 Å². The van der Waals surface area contributed by atoms with Crippen molar-refractivity contribution in [3.05, 3.63) is 42.1 Å². The van der Waals surface area contributed by atoms with E-state index in [9.17, 15) is 4.79 Å². The zero-order valence-electron chi connectivity index (χ0n) is 11.5. The van der Waals surface area contributed by atoms with Crippen molar-refractivity contribution < 1.29 is 9.53 Å². The Labute approximate surface area is 119 Å². The zero-order chi connectivity index (χ0) is 13.8. The van der Waals surface area contributed by atoms with Gasteiger partial charge in [-0.25, -0.2) is 0 Å². The first kappa shape index (κ1) is 13.3. The number of hydrogen-bond donors (Lipinski definition) is 0. The molecule has 1 saturated heterocycles. The number of ketones is 1. The van der Waals surface area contributed by atoms with Crippen LogP contribution in [-0.4, -0.2) is 23.5 Å². The van der Waals surface area contributed by atoms with Crippen LogP contribution in [0, 0.1) is 0 Å². The van der Waals surface area contributed by atoms with Gasteiger partial charge in [-0.1, -0.05) is 24.3 Å². The van der Waals surface area contributed by atoms with E-state index < -0.39 is 0 Å². The van der Waals surface area contributed by atoms with Crippen LogP contribution in [0.1, 0.15) is 31.4 Å². The second-order valence-corrected chi connectivity index (χ2v) is 5.38. The van der Waals surface area contributed by atoms with Crippen LogP contribution in [-0.2, 0) is 16.0 Å². The first-order valence-corrected chi connectivity index (χ1v) is 7.29. The molecule has 0 amide bonds. The normalized spacial score (nSPS) is 18.5. The number of carbonyl (C=O) groups excluding carboxylic acids is 1. The number of pyridine rings is 1. The molecular weight excluding hydrogens is 250 g/mol. The number of benzene rings is 1. The van der Waals surface area contributed by atoms with Crippen molar-refractivity contribution in [2.24, 2.45) is 0 Å². The molecule has 1 unspecified atom stereocenters. The fraction of sp³-hybridized carbons (Fsp3) is 0.412. The van der Waals surface area contributed by atoms with Crippen LogP contribution in [0.25, 0.3) is 10.9 Å². The lowest BCUT2D eigenvalue weighted by Crippen LogP contribution is -2.10. The van der Waals surface area contributed by atoms with Gasteiger partial charge in [0, 0.05) is 30.5 Å². The molecule has 1 aromatic heterocycles. The maximum absolute atomic E-state index is 12.0. The highest BCUT2D eigenvalue weighted by molar-refractivity contribution is 5.82. The van der Waals surface area contributed by atoms with Gasteiger partial charge in [-0.3, -0.25) is 9.78 Å². The van der Waals surface area contributed by atoms with Crippen LogP contribution in [0.3, 0.4) is 0 Å². The molecule has 1 atom stereocenters. The molecule has 0 bridgehead atoms. The van der Waals surface area contributed by atoms with Crippen LogP contribution in [0.5, 0.6) is 0 Å². The number of Topliss-reactive ketones (excluding diaryl/α,β-unsaturated/α-hetero) is 1. The van der Waals surface area contributed by atoms with E-state index in [-0.39, 0.29) is 5.78 Å². The topological polar surface area (TPSA) is 39.2 Å². The molecule has 0 N–H and O–H groups in total. The summed E-state index contributed by atoms with van der Waals surface area (Å²) in [6.07, 6.45) is 4.40. The molecule has 2 aromatic rings. The average Bonchev–Trinajstić information content (AvgIpc) is 2.98. The highest BCUT2D eigenvalue weighted by atomic mass is 16.5. The molecule has 0 spiro atoms. The molecule has 1 aromatic carbocycles. The Kier molecular flexibility index (Phi) is 4.07. The Morgan fingerprint density at radius 2 is 2.15 bits per heavy atom. The van der Waals surface area contributed by atoms with Crippen LogP contribution in [0.4, 0.5) is 0 Å². The first-order chi connectivity index (χ1) is 9.81. The minimum absolute atomic E-state index is 0.253. The standard InChI is InChI=1S/C17H19NO2/c19-15(9-10-16-5-3-11-20-16)12-14-8-7-13-4-1-2-6-17(13)18-14/h1-2,4,6-8,16H,3,5,9-12H2. The van der Waals surface area contributed by atoms with Gasteiger partial charge in [0.25, 0.3) is 0 Å². The average molecular weight is 269 g/mol. The molecule has 20 heavy (non-hydrogen) atoms. The molecule has 1 fully saturated rings. The van der Waals surface area contributed by atoms with Crippen LogP contribution >= 0.6 is 0 Å². The lowest BCUT2D eigenvalue weighted by atomic mass is 10.0. The maximum Gasteiger partial charge on any atom is 0.138 e. The molecule has 2 heterocycles. The predicted molar refractivity (Wildman–Crippen MR) is 78.7 cm³/mol. The summed E-state index contributed by atoms with van der Waals surface area (Å²) in [5, 5.41) is 1.11. The minimum atomic E-state index is 0.253.